The molecule has 166 valence electrons. The zero-order valence-corrected chi connectivity index (χ0v) is 18.6. The summed E-state index contributed by atoms with van der Waals surface area (Å²) in [7, 11) is 0. The van der Waals surface area contributed by atoms with E-state index in [2.05, 4.69) is 28.1 Å². The Bertz CT molecular complexity index is 885. The molecule has 0 bridgehead atoms. The number of rotatable bonds is 8. The second-order valence-electron chi connectivity index (χ2n) is 7.66. The van der Waals surface area contributed by atoms with E-state index in [-0.39, 0.29) is 5.91 Å². The van der Waals surface area contributed by atoms with Crippen LogP contribution in [0.1, 0.15) is 30.6 Å². The van der Waals surface area contributed by atoms with Gasteiger partial charge in [-0.1, -0.05) is 6.07 Å². The fourth-order valence-corrected chi connectivity index (χ4v) is 4.38. The number of carbonyl (C=O) groups excluding carboxylic acids is 1. The number of amides is 1. The smallest absolute Gasteiger partial charge is 0.222 e. The summed E-state index contributed by atoms with van der Waals surface area (Å²) in [6.07, 6.45) is 4.34. The molecule has 0 spiro atoms. The third kappa shape index (κ3) is 6.37. The van der Waals surface area contributed by atoms with Crippen molar-refractivity contribution in [3.05, 3.63) is 40.6 Å². The van der Waals surface area contributed by atoms with Gasteiger partial charge in [-0.3, -0.25) is 9.79 Å². The fraction of sp³-hybridized carbons (Fsp3) is 0.478. The normalized spacial score (nSPS) is 16.3. The molecular weight excluding hydrogens is 412 g/mol. The molecular formula is C23H30N4O3S. The van der Waals surface area contributed by atoms with Gasteiger partial charge in [-0.2, -0.15) is 0 Å². The van der Waals surface area contributed by atoms with Gasteiger partial charge in [0.2, 0.25) is 5.91 Å². The molecule has 31 heavy (non-hydrogen) atoms. The van der Waals surface area contributed by atoms with Crippen LogP contribution in [0.5, 0.6) is 11.5 Å². The highest BCUT2D eigenvalue weighted by atomic mass is 32.1. The molecule has 7 nitrogen and oxygen atoms in total. The third-order valence-electron chi connectivity index (χ3n) is 5.28. The average molecular weight is 443 g/mol. The maximum Gasteiger partial charge on any atom is 0.222 e. The Balaban J connectivity index is 1.36. The van der Waals surface area contributed by atoms with E-state index in [1.165, 1.54) is 4.88 Å². The SMILES string of the molecule is O=C1CCCN1CCCN=C(NCCc1cccs1)Nc1ccc2c(c1)OCCCO2. The number of guanidine groups is 1. The van der Waals surface area contributed by atoms with Crippen LogP contribution in [0.15, 0.2) is 40.7 Å². The van der Waals surface area contributed by atoms with Crippen molar-refractivity contribution in [1.29, 1.82) is 0 Å². The minimum atomic E-state index is 0.267. The molecule has 0 saturated carbocycles. The van der Waals surface area contributed by atoms with Crippen molar-refractivity contribution in [3.63, 3.8) is 0 Å². The fourth-order valence-electron chi connectivity index (χ4n) is 3.67. The van der Waals surface area contributed by atoms with Gasteiger partial charge < -0.3 is 25.0 Å². The van der Waals surface area contributed by atoms with Gasteiger partial charge in [0.25, 0.3) is 0 Å². The zero-order chi connectivity index (χ0) is 21.3. The highest BCUT2D eigenvalue weighted by Crippen LogP contribution is 2.32. The second kappa shape index (κ2) is 11.0. The Morgan fingerprint density at radius 3 is 2.87 bits per heavy atom. The molecule has 1 aromatic carbocycles. The Labute approximate surface area is 187 Å². The van der Waals surface area contributed by atoms with Crippen molar-refractivity contribution in [3.8, 4) is 11.5 Å². The summed E-state index contributed by atoms with van der Waals surface area (Å²) in [5, 5.41) is 8.92. The van der Waals surface area contributed by atoms with E-state index in [1.807, 2.05) is 23.1 Å². The van der Waals surface area contributed by atoms with Crippen molar-refractivity contribution in [1.82, 2.24) is 10.2 Å². The molecule has 0 aliphatic carbocycles. The number of aliphatic imine (C=N–C) groups is 1. The summed E-state index contributed by atoms with van der Waals surface area (Å²) in [6.45, 7) is 4.44. The van der Waals surface area contributed by atoms with Crippen LogP contribution in [-0.2, 0) is 11.2 Å². The van der Waals surface area contributed by atoms with Crippen molar-refractivity contribution in [2.75, 3.05) is 44.7 Å². The highest BCUT2D eigenvalue weighted by Gasteiger charge is 2.19. The lowest BCUT2D eigenvalue weighted by Gasteiger charge is -2.16. The summed E-state index contributed by atoms with van der Waals surface area (Å²) in [5.41, 5.74) is 0.904. The highest BCUT2D eigenvalue weighted by molar-refractivity contribution is 7.09. The van der Waals surface area contributed by atoms with Gasteiger partial charge in [-0.05, 0) is 42.8 Å². The van der Waals surface area contributed by atoms with Gasteiger partial charge in [-0.25, -0.2) is 0 Å². The molecule has 0 radical (unpaired) electrons. The zero-order valence-electron chi connectivity index (χ0n) is 17.8. The number of hydrogen-bond acceptors (Lipinski definition) is 5. The Hall–Kier alpha value is -2.74. The van der Waals surface area contributed by atoms with Crippen LogP contribution in [0, 0.1) is 0 Å². The van der Waals surface area contributed by atoms with Crippen LogP contribution >= 0.6 is 11.3 Å². The van der Waals surface area contributed by atoms with Crippen LogP contribution in [0.25, 0.3) is 0 Å². The first-order valence-corrected chi connectivity index (χ1v) is 11.9. The topological polar surface area (TPSA) is 75.2 Å². The number of hydrogen-bond donors (Lipinski definition) is 2. The van der Waals surface area contributed by atoms with Gasteiger partial charge in [0.15, 0.2) is 17.5 Å². The predicted octanol–water partition coefficient (Wildman–Crippen LogP) is 3.52. The van der Waals surface area contributed by atoms with Crippen LogP contribution < -0.4 is 20.1 Å². The quantitative estimate of drug-likeness (QED) is 0.372. The molecule has 3 heterocycles. The lowest BCUT2D eigenvalue weighted by Crippen LogP contribution is -2.33. The Morgan fingerprint density at radius 2 is 2.06 bits per heavy atom. The monoisotopic (exact) mass is 442 g/mol. The van der Waals surface area contributed by atoms with Crippen molar-refractivity contribution in [2.45, 2.75) is 32.1 Å². The van der Waals surface area contributed by atoms with E-state index in [9.17, 15) is 4.79 Å². The third-order valence-corrected chi connectivity index (χ3v) is 6.22. The molecule has 8 heteroatoms. The minimum Gasteiger partial charge on any atom is -0.490 e. The van der Waals surface area contributed by atoms with Gasteiger partial charge in [0.05, 0.1) is 13.2 Å². The summed E-state index contributed by atoms with van der Waals surface area (Å²) in [5.74, 6) is 2.54. The van der Waals surface area contributed by atoms with Gasteiger partial charge >= 0.3 is 0 Å². The van der Waals surface area contributed by atoms with E-state index < -0.39 is 0 Å². The number of nitrogens with one attached hydrogen (secondary N) is 2. The summed E-state index contributed by atoms with van der Waals surface area (Å²) < 4.78 is 11.5. The minimum absolute atomic E-state index is 0.267. The first kappa shape index (κ1) is 21.5. The summed E-state index contributed by atoms with van der Waals surface area (Å²) >= 11 is 1.76. The lowest BCUT2D eigenvalue weighted by atomic mass is 10.2. The van der Waals surface area contributed by atoms with Crippen molar-refractivity contribution < 1.29 is 14.3 Å². The number of likely N-dealkylation sites (tertiary alicyclic amines) is 1. The van der Waals surface area contributed by atoms with Gasteiger partial charge in [-0.15, -0.1) is 11.3 Å². The first-order valence-electron chi connectivity index (χ1n) is 11.0. The average Bonchev–Trinajstić information content (AvgIpc) is 3.37. The summed E-state index contributed by atoms with van der Waals surface area (Å²) in [4.78, 5) is 19.8. The van der Waals surface area contributed by atoms with Crippen LogP contribution in [0.4, 0.5) is 5.69 Å². The molecule has 1 fully saturated rings. The largest absolute Gasteiger partial charge is 0.490 e. The summed E-state index contributed by atoms with van der Waals surface area (Å²) in [6, 6.07) is 10.1. The van der Waals surface area contributed by atoms with E-state index in [0.717, 1.165) is 68.5 Å². The number of nitrogens with zero attached hydrogens (tertiary/aromatic N) is 2. The molecule has 1 aromatic heterocycles. The molecule has 1 saturated heterocycles. The molecule has 4 rings (SSSR count). The van der Waals surface area contributed by atoms with Crippen molar-refractivity contribution in [2.24, 2.45) is 4.99 Å². The molecule has 2 N–H and O–H groups in total. The molecule has 1 amide bonds. The van der Waals surface area contributed by atoms with Gasteiger partial charge in [0.1, 0.15) is 0 Å². The van der Waals surface area contributed by atoms with Crippen LogP contribution in [0.3, 0.4) is 0 Å². The number of ether oxygens (including phenoxy) is 2. The second-order valence-corrected chi connectivity index (χ2v) is 8.69. The van der Waals surface area contributed by atoms with Gasteiger partial charge in [0, 0.05) is 55.7 Å². The molecule has 0 atom stereocenters. The maximum atomic E-state index is 11.8. The Morgan fingerprint density at radius 1 is 1.16 bits per heavy atom. The number of anilines is 1. The maximum absolute atomic E-state index is 11.8. The number of carbonyl (C=O) groups is 1. The van der Waals surface area contributed by atoms with Crippen LogP contribution in [0.2, 0.25) is 0 Å². The van der Waals surface area contributed by atoms with E-state index in [4.69, 9.17) is 14.5 Å². The number of fused-ring (bicyclic) bond motifs is 1. The molecule has 2 aromatic rings. The molecule has 2 aliphatic rings. The standard InChI is InChI=1S/C23H30N4O3S/c28-22-6-1-12-27(22)13-3-10-24-23(25-11-9-19-5-2-16-31-19)26-18-7-8-20-21(17-18)30-15-4-14-29-20/h2,5,7-8,16-17H,1,3-4,6,9-15H2,(H2,24,25,26). The lowest BCUT2D eigenvalue weighted by molar-refractivity contribution is -0.127. The van der Waals surface area contributed by atoms with E-state index in [1.54, 1.807) is 11.3 Å². The van der Waals surface area contributed by atoms with E-state index >= 15 is 0 Å². The van der Waals surface area contributed by atoms with Crippen molar-refractivity contribution >= 4 is 28.9 Å². The molecule has 2 aliphatic heterocycles. The predicted molar refractivity (Wildman–Crippen MR) is 124 cm³/mol. The Kier molecular flexibility index (Phi) is 7.65. The first-order chi connectivity index (χ1) is 15.3. The number of benzene rings is 1. The van der Waals surface area contributed by atoms with Crippen LogP contribution in [-0.4, -0.2) is 56.2 Å². The molecule has 0 unspecified atom stereocenters. The van der Waals surface area contributed by atoms with E-state index in [0.29, 0.717) is 26.2 Å². The number of thiophene rings is 1.